The highest BCUT2D eigenvalue weighted by molar-refractivity contribution is 5.84. The molecule has 0 spiro atoms. The van der Waals surface area contributed by atoms with E-state index in [1.165, 1.54) is 12.1 Å². The third kappa shape index (κ3) is 3.67. The quantitative estimate of drug-likeness (QED) is 0.880. The number of nitrogens with two attached hydrogens (primary N) is 1. The fourth-order valence-electron chi connectivity index (χ4n) is 2.53. The van der Waals surface area contributed by atoms with Crippen molar-refractivity contribution in [3.05, 3.63) is 30.1 Å². The monoisotopic (exact) mass is 266 g/mol. The van der Waals surface area contributed by atoms with E-state index in [-0.39, 0.29) is 5.69 Å². The minimum absolute atomic E-state index is 0.134. The maximum atomic E-state index is 13.3. The molecular formula is C14H19FN2O2. The predicted molar refractivity (Wildman–Crippen MR) is 71.3 cm³/mol. The van der Waals surface area contributed by atoms with Gasteiger partial charge < -0.3 is 10.5 Å². The Morgan fingerprint density at radius 3 is 2.84 bits per heavy atom. The standard InChI is InChI=1S/C14H19FN2O2/c15-12-6-1-2-7-13(12)17-14(18)19-9-11-5-3-4-10(11)8-16/h1-2,6-7,10-11H,3-5,8-9,16H2,(H,17,18). The highest BCUT2D eigenvalue weighted by Gasteiger charge is 2.27. The number of ether oxygens (including phenoxy) is 1. The topological polar surface area (TPSA) is 64.3 Å². The normalized spacial score (nSPS) is 22.2. The Balaban J connectivity index is 1.80. The smallest absolute Gasteiger partial charge is 0.411 e. The van der Waals surface area contributed by atoms with Crippen molar-refractivity contribution in [1.82, 2.24) is 0 Å². The number of nitrogens with one attached hydrogen (secondary N) is 1. The molecule has 1 aromatic carbocycles. The van der Waals surface area contributed by atoms with E-state index in [1.54, 1.807) is 12.1 Å². The molecule has 0 heterocycles. The van der Waals surface area contributed by atoms with Gasteiger partial charge in [-0.05, 0) is 43.4 Å². The van der Waals surface area contributed by atoms with Gasteiger partial charge in [-0.15, -0.1) is 0 Å². The van der Waals surface area contributed by atoms with Crippen LogP contribution < -0.4 is 11.1 Å². The molecule has 0 aromatic heterocycles. The van der Waals surface area contributed by atoms with E-state index in [1.807, 2.05) is 0 Å². The van der Waals surface area contributed by atoms with E-state index in [4.69, 9.17) is 10.5 Å². The first-order valence-electron chi connectivity index (χ1n) is 6.59. The van der Waals surface area contributed by atoms with Crippen molar-refractivity contribution < 1.29 is 13.9 Å². The summed E-state index contributed by atoms with van der Waals surface area (Å²) < 4.78 is 18.5. The van der Waals surface area contributed by atoms with Gasteiger partial charge in [0.25, 0.3) is 0 Å². The van der Waals surface area contributed by atoms with E-state index in [9.17, 15) is 9.18 Å². The van der Waals surface area contributed by atoms with E-state index >= 15 is 0 Å². The molecule has 0 bridgehead atoms. The van der Waals surface area contributed by atoms with Crippen LogP contribution in [0, 0.1) is 17.7 Å². The third-order valence-electron chi connectivity index (χ3n) is 3.66. The number of carbonyl (C=O) groups is 1. The number of carbonyl (C=O) groups excluding carboxylic acids is 1. The van der Waals surface area contributed by atoms with Crippen molar-refractivity contribution >= 4 is 11.8 Å². The van der Waals surface area contributed by atoms with E-state index in [0.29, 0.717) is 25.0 Å². The first-order valence-corrected chi connectivity index (χ1v) is 6.59. The number of benzene rings is 1. The summed E-state index contributed by atoms with van der Waals surface area (Å²) in [7, 11) is 0. The summed E-state index contributed by atoms with van der Waals surface area (Å²) in [6, 6.07) is 6.00. The molecular weight excluding hydrogens is 247 g/mol. The van der Waals surface area contributed by atoms with E-state index in [2.05, 4.69) is 5.32 Å². The molecule has 3 N–H and O–H groups in total. The molecule has 0 saturated heterocycles. The van der Waals surface area contributed by atoms with E-state index in [0.717, 1.165) is 19.3 Å². The van der Waals surface area contributed by atoms with Crippen molar-refractivity contribution in [1.29, 1.82) is 0 Å². The zero-order chi connectivity index (χ0) is 13.7. The Bertz CT molecular complexity index is 439. The molecule has 2 rings (SSSR count). The fourth-order valence-corrected chi connectivity index (χ4v) is 2.53. The summed E-state index contributed by atoms with van der Waals surface area (Å²) in [6.07, 6.45) is 2.65. The number of hydrogen-bond acceptors (Lipinski definition) is 3. The Hall–Kier alpha value is -1.62. The number of hydrogen-bond donors (Lipinski definition) is 2. The lowest BCUT2D eigenvalue weighted by Gasteiger charge is -2.17. The van der Waals surface area contributed by atoms with Crippen LogP contribution in [0.3, 0.4) is 0 Å². The molecule has 1 aliphatic rings. The van der Waals surface area contributed by atoms with Crippen LogP contribution in [0.4, 0.5) is 14.9 Å². The van der Waals surface area contributed by atoms with Gasteiger partial charge >= 0.3 is 6.09 Å². The molecule has 1 amide bonds. The predicted octanol–water partition coefficient (Wildman–Crippen LogP) is 2.75. The van der Waals surface area contributed by atoms with Gasteiger partial charge in [0.1, 0.15) is 5.82 Å². The molecule has 5 heteroatoms. The molecule has 4 nitrogen and oxygen atoms in total. The summed E-state index contributed by atoms with van der Waals surface area (Å²) in [4.78, 5) is 11.6. The summed E-state index contributed by atoms with van der Waals surface area (Å²) in [5, 5.41) is 2.40. The SMILES string of the molecule is NCC1CCCC1COC(=O)Nc1ccccc1F. The van der Waals surface area contributed by atoms with Crippen LogP contribution in [-0.4, -0.2) is 19.2 Å². The fraction of sp³-hybridized carbons (Fsp3) is 0.500. The lowest BCUT2D eigenvalue weighted by atomic mass is 9.97. The van der Waals surface area contributed by atoms with Gasteiger partial charge in [0, 0.05) is 0 Å². The third-order valence-corrected chi connectivity index (χ3v) is 3.66. The van der Waals surface area contributed by atoms with Gasteiger partial charge in [-0.25, -0.2) is 9.18 Å². The second-order valence-corrected chi connectivity index (χ2v) is 4.89. The number of anilines is 1. The van der Waals surface area contributed by atoms with Gasteiger partial charge in [0.2, 0.25) is 0 Å². The van der Waals surface area contributed by atoms with Crippen LogP contribution in [-0.2, 0) is 4.74 Å². The van der Waals surface area contributed by atoms with Crippen LogP contribution in [0.5, 0.6) is 0 Å². The highest BCUT2D eigenvalue weighted by Crippen LogP contribution is 2.31. The summed E-state index contributed by atoms with van der Waals surface area (Å²) in [5.41, 5.74) is 5.80. The first kappa shape index (κ1) is 13.8. The minimum Gasteiger partial charge on any atom is -0.449 e. The maximum Gasteiger partial charge on any atom is 0.411 e. The maximum absolute atomic E-state index is 13.3. The van der Waals surface area contributed by atoms with Gasteiger partial charge in [-0.1, -0.05) is 18.6 Å². The average Bonchev–Trinajstić information content (AvgIpc) is 2.86. The van der Waals surface area contributed by atoms with Crippen LogP contribution in [0.2, 0.25) is 0 Å². The molecule has 0 aliphatic heterocycles. The Labute approximate surface area is 112 Å². The minimum atomic E-state index is -0.618. The number of halogens is 1. The Kier molecular flexibility index (Phi) is 4.74. The Morgan fingerprint density at radius 1 is 1.37 bits per heavy atom. The van der Waals surface area contributed by atoms with Gasteiger partial charge in [-0.3, -0.25) is 5.32 Å². The van der Waals surface area contributed by atoms with Crippen molar-refractivity contribution in [3.8, 4) is 0 Å². The number of para-hydroxylation sites is 1. The van der Waals surface area contributed by atoms with Crippen LogP contribution >= 0.6 is 0 Å². The molecule has 1 saturated carbocycles. The summed E-state index contributed by atoms with van der Waals surface area (Å²) in [6.45, 7) is 0.977. The van der Waals surface area contributed by atoms with Crippen LogP contribution in [0.25, 0.3) is 0 Å². The molecule has 2 unspecified atom stereocenters. The number of rotatable bonds is 4. The largest absolute Gasteiger partial charge is 0.449 e. The highest BCUT2D eigenvalue weighted by atomic mass is 19.1. The molecule has 2 atom stereocenters. The van der Waals surface area contributed by atoms with Crippen molar-refractivity contribution in [2.24, 2.45) is 17.6 Å². The molecule has 104 valence electrons. The van der Waals surface area contributed by atoms with Crippen LogP contribution in [0.15, 0.2) is 24.3 Å². The summed E-state index contributed by atoms with van der Waals surface area (Å²) >= 11 is 0. The van der Waals surface area contributed by atoms with Gasteiger partial charge in [-0.2, -0.15) is 0 Å². The van der Waals surface area contributed by atoms with Crippen molar-refractivity contribution in [2.75, 3.05) is 18.5 Å². The summed E-state index contributed by atoms with van der Waals surface area (Å²) in [5.74, 6) is 0.290. The molecule has 1 aromatic rings. The van der Waals surface area contributed by atoms with Gasteiger partial charge in [0.05, 0.1) is 12.3 Å². The zero-order valence-corrected chi connectivity index (χ0v) is 10.8. The second-order valence-electron chi connectivity index (χ2n) is 4.89. The van der Waals surface area contributed by atoms with Crippen molar-refractivity contribution in [2.45, 2.75) is 19.3 Å². The first-order chi connectivity index (χ1) is 9.20. The lowest BCUT2D eigenvalue weighted by Crippen LogP contribution is -2.25. The second kappa shape index (κ2) is 6.52. The molecule has 0 radical (unpaired) electrons. The van der Waals surface area contributed by atoms with Gasteiger partial charge in [0.15, 0.2) is 0 Å². The Morgan fingerprint density at radius 2 is 2.11 bits per heavy atom. The van der Waals surface area contributed by atoms with Crippen LogP contribution in [0.1, 0.15) is 19.3 Å². The molecule has 19 heavy (non-hydrogen) atoms. The lowest BCUT2D eigenvalue weighted by molar-refractivity contribution is 0.130. The zero-order valence-electron chi connectivity index (χ0n) is 10.8. The van der Waals surface area contributed by atoms with E-state index < -0.39 is 11.9 Å². The molecule has 1 aliphatic carbocycles. The average molecular weight is 266 g/mol. The number of amides is 1. The molecule has 1 fully saturated rings. The van der Waals surface area contributed by atoms with Crippen molar-refractivity contribution in [3.63, 3.8) is 0 Å².